The Kier molecular flexibility index (Phi) is 6.43. The van der Waals surface area contributed by atoms with Gasteiger partial charge in [-0.05, 0) is 37.8 Å². The smallest absolute Gasteiger partial charge is 0.355 e. The Labute approximate surface area is 168 Å². The van der Waals surface area contributed by atoms with Gasteiger partial charge in [0, 0.05) is 12.6 Å². The van der Waals surface area contributed by atoms with E-state index >= 15 is 0 Å². The number of nitro groups is 1. The molecule has 0 spiro atoms. The first-order valence-corrected chi connectivity index (χ1v) is 9.52. The molecule has 1 aliphatic rings. The molecule has 3 rings (SSSR count). The van der Waals surface area contributed by atoms with Gasteiger partial charge in [0.15, 0.2) is 0 Å². The lowest BCUT2D eigenvalue weighted by Gasteiger charge is -2.35. The molecule has 1 unspecified atom stereocenters. The molecule has 154 valence electrons. The van der Waals surface area contributed by atoms with Gasteiger partial charge in [-0.25, -0.2) is 9.97 Å². The number of rotatable bonds is 7. The van der Waals surface area contributed by atoms with E-state index in [4.69, 9.17) is 4.74 Å². The van der Waals surface area contributed by atoms with Gasteiger partial charge in [-0.3, -0.25) is 25.8 Å². The van der Waals surface area contributed by atoms with Crippen LogP contribution in [0, 0.1) is 10.1 Å². The summed E-state index contributed by atoms with van der Waals surface area (Å²) in [4.78, 5) is 33.9. The van der Waals surface area contributed by atoms with Gasteiger partial charge in [0.2, 0.25) is 11.6 Å². The third-order valence-corrected chi connectivity index (χ3v) is 5.00. The average Bonchev–Trinajstić information content (AvgIpc) is 2.76. The second kappa shape index (κ2) is 9.18. The monoisotopic (exact) mass is 400 g/mol. The molecule has 1 aromatic heterocycles. The van der Waals surface area contributed by atoms with Crippen molar-refractivity contribution < 1.29 is 14.5 Å². The molecule has 1 aliphatic heterocycles. The van der Waals surface area contributed by atoms with Crippen LogP contribution in [0.1, 0.15) is 43.0 Å². The molecule has 29 heavy (non-hydrogen) atoms. The van der Waals surface area contributed by atoms with Gasteiger partial charge in [0.1, 0.15) is 12.1 Å². The van der Waals surface area contributed by atoms with Gasteiger partial charge >= 0.3 is 5.69 Å². The lowest BCUT2D eigenvalue weighted by atomic mass is 10.00. The van der Waals surface area contributed by atoms with Crippen LogP contribution in [-0.4, -0.2) is 40.5 Å². The summed E-state index contributed by atoms with van der Waals surface area (Å²) < 4.78 is 5.17. The van der Waals surface area contributed by atoms with E-state index in [1.54, 1.807) is 24.3 Å². The Hall–Kier alpha value is -3.43. The number of methoxy groups -OCH3 is 1. The summed E-state index contributed by atoms with van der Waals surface area (Å²) in [5.74, 6) is 0.0966. The van der Waals surface area contributed by atoms with E-state index in [0.717, 1.165) is 25.7 Å². The van der Waals surface area contributed by atoms with Gasteiger partial charge in [0.25, 0.3) is 5.91 Å². The molecule has 10 nitrogen and oxygen atoms in total. The van der Waals surface area contributed by atoms with Crippen LogP contribution in [-0.2, 0) is 0 Å². The molecular formula is C19H24N6O4. The number of hydrogen-bond acceptors (Lipinski definition) is 8. The quantitative estimate of drug-likeness (QED) is 0.537. The fraction of sp³-hybridized carbons (Fsp3) is 0.421. The number of carbonyl (C=O) groups is 1. The standard InChI is InChI=1S/C19H24N6O4/c1-3-13-8-6-7-11-24(13)18-16(25(27)28)17(20-12-21-18)22-23-19(26)14-9-4-5-10-15(14)29-2/h4-5,9-10,12-13H,3,6-8,11H2,1-2H3,(H,23,26)(H,20,21,22). The number of hydrazine groups is 1. The fourth-order valence-electron chi connectivity index (χ4n) is 3.56. The molecule has 1 aromatic carbocycles. The van der Waals surface area contributed by atoms with Gasteiger partial charge in [0.05, 0.1) is 17.6 Å². The fourth-order valence-corrected chi connectivity index (χ4v) is 3.56. The number of anilines is 2. The lowest BCUT2D eigenvalue weighted by molar-refractivity contribution is -0.383. The van der Waals surface area contributed by atoms with Crippen LogP contribution in [0.2, 0.25) is 0 Å². The number of hydrogen-bond donors (Lipinski definition) is 2. The molecule has 1 atom stereocenters. The highest BCUT2D eigenvalue weighted by atomic mass is 16.6. The highest BCUT2D eigenvalue weighted by molar-refractivity contribution is 5.97. The number of carbonyl (C=O) groups excluding carboxylic acids is 1. The molecule has 2 heterocycles. The van der Waals surface area contributed by atoms with Crippen LogP contribution in [0.4, 0.5) is 17.3 Å². The predicted molar refractivity (Wildman–Crippen MR) is 108 cm³/mol. The van der Waals surface area contributed by atoms with Gasteiger partial charge in [-0.15, -0.1) is 0 Å². The number of aromatic nitrogens is 2. The number of piperidine rings is 1. The normalized spacial score (nSPS) is 16.2. The van der Waals surface area contributed by atoms with Crippen LogP contribution in [0.5, 0.6) is 5.75 Å². The topological polar surface area (TPSA) is 123 Å². The maximum atomic E-state index is 12.5. The second-order valence-corrected chi connectivity index (χ2v) is 6.68. The molecule has 2 N–H and O–H groups in total. The van der Waals surface area contributed by atoms with Crippen molar-refractivity contribution in [3.63, 3.8) is 0 Å². The summed E-state index contributed by atoms with van der Waals surface area (Å²) in [6.45, 7) is 2.76. The molecule has 0 bridgehead atoms. The Morgan fingerprint density at radius 1 is 1.34 bits per heavy atom. The minimum Gasteiger partial charge on any atom is -0.496 e. The van der Waals surface area contributed by atoms with Crippen LogP contribution in [0.3, 0.4) is 0 Å². The largest absolute Gasteiger partial charge is 0.496 e. The highest BCUT2D eigenvalue weighted by Gasteiger charge is 2.32. The zero-order valence-corrected chi connectivity index (χ0v) is 16.4. The van der Waals surface area contributed by atoms with Crippen LogP contribution in [0.25, 0.3) is 0 Å². The van der Waals surface area contributed by atoms with Gasteiger partial charge in [-0.2, -0.15) is 0 Å². The summed E-state index contributed by atoms with van der Waals surface area (Å²) in [6, 6.07) is 6.88. The molecule has 1 fully saturated rings. The number of amides is 1. The molecule has 1 amide bonds. The third-order valence-electron chi connectivity index (χ3n) is 5.00. The summed E-state index contributed by atoms with van der Waals surface area (Å²) in [7, 11) is 1.46. The Morgan fingerprint density at radius 3 is 2.86 bits per heavy atom. The molecule has 2 aromatic rings. The highest BCUT2D eigenvalue weighted by Crippen LogP contribution is 2.35. The molecule has 0 aliphatic carbocycles. The van der Waals surface area contributed by atoms with Crippen molar-refractivity contribution in [2.24, 2.45) is 0 Å². The van der Waals surface area contributed by atoms with Crippen molar-refractivity contribution in [2.45, 2.75) is 38.6 Å². The summed E-state index contributed by atoms with van der Waals surface area (Å²) in [5, 5.41) is 11.8. The zero-order valence-electron chi connectivity index (χ0n) is 16.4. The Balaban J connectivity index is 1.86. The van der Waals surface area contributed by atoms with Crippen molar-refractivity contribution in [1.82, 2.24) is 15.4 Å². The summed E-state index contributed by atoms with van der Waals surface area (Å²) in [5.41, 5.74) is 5.08. The molecular weight excluding hydrogens is 376 g/mol. The van der Waals surface area contributed by atoms with Crippen molar-refractivity contribution in [3.8, 4) is 5.75 Å². The SMILES string of the molecule is CCC1CCCCN1c1ncnc(NNC(=O)c2ccccc2OC)c1[N+](=O)[O-]. The minimum absolute atomic E-state index is 0.0660. The predicted octanol–water partition coefficient (Wildman–Crippen LogP) is 2.92. The Morgan fingerprint density at radius 2 is 2.14 bits per heavy atom. The van der Waals surface area contributed by atoms with Crippen LogP contribution < -0.4 is 20.5 Å². The number of benzene rings is 1. The number of para-hydroxylation sites is 1. The van der Waals surface area contributed by atoms with Crippen molar-refractivity contribution in [3.05, 3.63) is 46.3 Å². The third kappa shape index (κ3) is 4.36. The first-order chi connectivity index (χ1) is 14.1. The average molecular weight is 400 g/mol. The molecule has 0 saturated carbocycles. The second-order valence-electron chi connectivity index (χ2n) is 6.68. The minimum atomic E-state index is -0.520. The van der Waals surface area contributed by atoms with E-state index in [1.807, 2.05) is 4.90 Å². The van der Waals surface area contributed by atoms with E-state index < -0.39 is 10.8 Å². The van der Waals surface area contributed by atoms with E-state index in [-0.39, 0.29) is 23.4 Å². The maximum Gasteiger partial charge on any atom is 0.355 e. The first kappa shape index (κ1) is 20.3. The van der Waals surface area contributed by atoms with E-state index in [2.05, 4.69) is 27.7 Å². The molecule has 10 heteroatoms. The van der Waals surface area contributed by atoms with E-state index in [9.17, 15) is 14.9 Å². The summed E-state index contributed by atoms with van der Waals surface area (Å²) in [6.07, 6.45) is 5.14. The zero-order chi connectivity index (χ0) is 20.8. The van der Waals surface area contributed by atoms with Gasteiger partial charge < -0.3 is 9.64 Å². The van der Waals surface area contributed by atoms with Crippen molar-refractivity contribution in [1.29, 1.82) is 0 Å². The Bertz CT molecular complexity index is 891. The van der Waals surface area contributed by atoms with E-state index in [0.29, 0.717) is 17.9 Å². The summed E-state index contributed by atoms with van der Waals surface area (Å²) >= 11 is 0. The maximum absolute atomic E-state index is 12.5. The molecule has 1 saturated heterocycles. The van der Waals surface area contributed by atoms with Crippen molar-refractivity contribution >= 4 is 23.2 Å². The molecule has 0 radical (unpaired) electrons. The number of nitrogens with zero attached hydrogens (tertiary/aromatic N) is 4. The lowest BCUT2D eigenvalue weighted by Crippen LogP contribution is -2.40. The van der Waals surface area contributed by atoms with E-state index in [1.165, 1.54) is 13.4 Å². The number of nitrogens with one attached hydrogen (secondary N) is 2. The van der Waals surface area contributed by atoms with Crippen LogP contribution >= 0.6 is 0 Å². The van der Waals surface area contributed by atoms with Crippen molar-refractivity contribution in [2.75, 3.05) is 24.0 Å². The van der Waals surface area contributed by atoms with Crippen LogP contribution in [0.15, 0.2) is 30.6 Å². The van der Waals surface area contributed by atoms with Gasteiger partial charge in [-0.1, -0.05) is 19.1 Å². The first-order valence-electron chi connectivity index (χ1n) is 9.52. The number of ether oxygens (including phenoxy) is 1.